The molecule has 0 fully saturated rings. The number of methoxy groups -OCH3 is 1. The van der Waals surface area contributed by atoms with Gasteiger partial charge in [0.2, 0.25) is 0 Å². The number of halogens is 2. The van der Waals surface area contributed by atoms with Crippen LogP contribution in [0.4, 0.5) is 4.39 Å². The van der Waals surface area contributed by atoms with Gasteiger partial charge in [-0.15, -0.1) is 0 Å². The molecule has 3 aromatic rings. The van der Waals surface area contributed by atoms with Crippen LogP contribution in [0.25, 0.3) is 22.3 Å². The summed E-state index contributed by atoms with van der Waals surface area (Å²) in [5.41, 5.74) is 1.55. The molecule has 0 atom stereocenters. The third-order valence-electron chi connectivity index (χ3n) is 2.82. The van der Waals surface area contributed by atoms with Crippen molar-refractivity contribution in [1.82, 2.24) is 15.0 Å². The Hall–Kier alpha value is -2.14. The maximum absolute atomic E-state index is 14.1. The minimum atomic E-state index is -0.521. The van der Waals surface area contributed by atoms with E-state index in [0.29, 0.717) is 21.9 Å². The van der Waals surface area contributed by atoms with Crippen molar-refractivity contribution in [2.24, 2.45) is 0 Å². The number of hydrogen-bond acceptors (Lipinski definition) is 3. The van der Waals surface area contributed by atoms with Crippen LogP contribution >= 0.6 is 11.6 Å². The zero-order valence-electron chi connectivity index (χ0n) is 9.95. The first-order chi connectivity index (χ1) is 9.20. The monoisotopic (exact) mass is 277 g/mol. The molecule has 0 spiro atoms. The predicted octanol–water partition coefficient (Wildman–Crippen LogP) is 3.43. The van der Waals surface area contributed by atoms with Crippen molar-refractivity contribution in [3.63, 3.8) is 0 Å². The van der Waals surface area contributed by atoms with Crippen molar-refractivity contribution in [3.05, 3.63) is 41.4 Å². The SMILES string of the molecule is COc1nccc(-c2cc3c(Cl)ccnc3[nH]2)c1F. The first-order valence-corrected chi connectivity index (χ1v) is 5.90. The molecule has 0 unspecified atom stereocenters. The van der Waals surface area contributed by atoms with Crippen molar-refractivity contribution in [2.45, 2.75) is 0 Å². The Labute approximate surface area is 113 Å². The fourth-order valence-electron chi connectivity index (χ4n) is 1.91. The Balaban J connectivity index is 2.22. The quantitative estimate of drug-likeness (QED) is 0.781. The van der Waals surface area contributed by atoms with Gasteiger partial charge in [0.05, 0.1) is 17.8 Å². The highest BCUT2D eigenvalue weighted by Crippen LogP contribution is 2.31. The van der Waals surface area contributed by atoms with Gasteiger partial charge >= 0.3 is 0 Å². The zero-order chi connectivity index (χ0) is 13.4. The lowest BCUT2D eigenvalue weighted by atomic mass is 10.2. The average Bonchev–Trinajstić information content (AvgIpc) is 2.84. The first-order valence-electron chi connectivity index (χ1n) is 5.53. The molecule has 4 nitrogen and oxygen atoms in total. The fraction of sp³-hybridized carbons (Fsp3) is 0.0769. The van der Waals surface area contributed by atoms with E-state index in [0.717, 1.165) is 5.39 Å². The molecule has 1 N–H and O–H groups in total. The molecule has 3 heterocycles. The van der Waals surface area contributed by atoms with Crippen molar-refractivity contribution < 1.29 is 9.13 Å². The van der Waals surface area contributed by atoms with E-state index in [4.69, 9.17) is 16.3 Å². The molecule has 19 heavy (non-hydrogen) atoms. The predicted molar refractivity (Wildman–Crippen MR) is 70.8 cm³/mol. The van der Waals surface area contributed by atoms with Crippen molar-refractivity contribution >= 4 is 22.6 Å². The van der Waals surface area contributed by atoms with E-state index in [2.05, 4.69) is 15.0 Å². The summed E-state index contributed by atoms with van der Waals surface area (Å²) in [6.45, 7) is 0. The summed E-state index contributed by atoms with van der Waals surface area (Å²) in [7, 11) is 1.37. The lowest BCUT2D eigenvalue weighted by molar-refractivity contribution is 0.370. The number of nitrogens with zero attached hydrogens (tertiary/aromatic N) is 2. The van der Waals surface area contributed by atoms with Gasteiger partial charge in [0.1, 0.15) is 5.65 Å². The van der Waals surface area contributed by atoms with Crippen LogP contribution in [0, 0.1) is 5.82 Å². The maximum atomic E-state index is 14.1. The van der Waals surface area contributed by atoms with Gasteiger partial charge in [-0.1, -0.05) is 11.6 Å². The smallest absolute Gasteiger partial charge is 0.250 e. The summed E-state index contributed by atoms with van der Waals surface area (Å²) < 4.78 is 19.0. The van der Waals surface area contributed by atoms with Gasteiger partial charge in [0, 0.05) is 23.3 Å². The third-order valence-corrected chi connectivity index (χ3v) is 3.15. The Morgan fingerprint density at radius 3 is 2.79 bits per heavy atom. The molecule has 0 aliphatic carbocycles. The largest absolute Gasteiger partial charge is 0.479 e. The molecular formula is C13H9ClFN3O. The Morgan fingerprint density at radius 2 is 2.05 bits per heavy atom. The number of ether oxygens (including phenoxy) is 1. The summed E-state index contributed by atoms with van der Waals surface area (Å²) >= 11 is 6.07. The molecule has 0 aromatic carbocycles. The topological polar surface area (TPSA) is 50.8 Å². The molecule has 0 bridgehead atoms. The zero-order valence-corrected chi connectivity index (χ0v) is 10.7. The second-order valence-electron chi connectivity index (χ2n) is 3.92. The second-order valence-corrected chi connectivity index (χ2v) is 4.33. The van der Waals surface area contributed by atoms with Crippen molar-refractivity contribution in [1.29, 1.82) is 0 Å². The van der Waals surface area contributed by atoms with E-state index in [-0.39, 0.29) is 5.88 Å². The standard InChI is InChI=1S/C13H9ClFN3O/c1-19-13-11(15)7(2-4-17-13)10-6-8-9(14)3-5-16-12(8)18-10/h2-6H,1H3,(H,16,18). The molecule has 0 saturated carbocycles. The Bertz CT molecular complexity index is 757. The molecule has 3 rings (SSSR count). The van der Waals surface area contributed by atoms with Gasteiger partial charge in [-0.25, -0.2) is 14.4 Å². The van der Waals surface area contributed by atoms with Crippen molar-refractivity contribution in [3.8, 4) is 17.1 Å². The van der Waals surface area contributed by atoms with E-state index in [1.165, 1.54) is 13.3 Å². The van der Waals surface area contributed by atoms with Crippen LogP contribution in [0.3, 0.4) is 0 Å². The second kappa shape index (κ2) is 4.51. The molecule has 0 aliphatic rings. The number of nitrogens with one attached hydrogen (secondary N) is 1. The van der Waals surface area contributed by atoms with Gasteiger partial charge in [0.25, 0.3) is 5.88 Å². The van der Waals surface area contributed by atoms with Crippen LogP contribution in [-0.4, -0.2) is 22.1 Å². The number of pyridine rings is 2. The van der Waals surface area contributed by atoms with Crippen LogP contribution in [0.5, 0.6) is 5.88 Å². The summed E-state index contributed by atoms with van der Waals surface area (Å²) in [5.74, 6) is -0.567. The molecule has 96 valence electrons. The van der Waals surface area contributed by atoms with Gasteiger partial charge in [0.15, 0.2) is 5.82 Å². The normalized spacial score (nSPS) is 10.9. The molecule has 0 radical (unpaired) electrons. The van der Waals surface area contributed by atoms with Gasteiger partial charge in [-0.2, -0.15) is 0 Å². The molecule has 0 saturated heterocycles. The minimum absolute atomic E-state index is 0.0461. The molecule has 0 amide bonds. The summed E-state index contributed by atoms with van der Waals surface area (Å²) in [6.07, 6.45) is 3.08. The van der Waals surface area contributed by atoms with Crippen LogP contribution in [0.15, 0.2) is 30.6 Å². The highest BCUT2D eigenvalue weighted by atomic mass is 35.5. The van der Waals surface area contributed by atoms with Crippen molar-refractivity contribution in [2.75, 3.05) is 7.11 Å². The van der Waals surface area contributed by atoms with E-state index < -0.39 is 5.82 Å². The van der Waals surface area contributed by atoms with Crippen LogP contribution in [-0.2, 0) is 0 Å². The lowest BCUT2D eigenvalue weighted by Gasteiger charge is -2.04. The number of hydrogen-bond donors (Lipinski definition) is 1. The van der Waals surface area contributed by atoms with E-state index in [1.807, 2.05) is 0 Å². The minimum Gasteiger partial charge on any atom is -0.479 e. The fourth-order valence-corrected chi connectivity index (χ4v) is 2.11. The van der Waals surface area contributed by atoms with Crippen LogP contribution in [0.2, 0.25) is 5.02 Å². The number of rotatable bonds is 2. The number of aromatic amines is 1. The lowest BCUT2D eigenvalue weighted by Crippen LogP contribution is -1.94. The van der Waals surface area contributed by atoms with Crippen LogP contribution < -0.4 is 4.74 Å². The molecule has 3 aromatic heterocycles. The number of aromatic nitrogens is 3. The molecular weight excluding hydrogens is 269 g/mol. The Kier molecular flexibility index (Phi) is 2.83. The van der Waals surface area contributed by atoms with E-state index >= 15 is 0 Å². The first kappa shape index (κ1) is 11.9. The van der Waals surface area contributed by atoms with Crippen LogP contribution in [0.1, 0.15) is 0 Å². The molecule has 6 heteroatoms. The highest BCUT2D eigenvalue weighted by molar-refractivity contribution is 6.35. The Morgan fingerprint density at radius 1 is 1.26 bits per heavy atom. The number of H-pyrrole nitrogens is 1. The van der Waals surface area contributed by atoms with Gasteiger partial charge < -0.3 is 9.72 Å². The highest BCUT2D eigenvalue weighted by Gasteiger charge is 2.14. The van der Waals surface area contributed by atoms with Gasteiger partial charge in [-0.05, 0) is 18.2 Å². The summed E-state index contributed by atoms with van der Waals surface area (Å²) in [5, 5.41) is 1.31. The average molecular weight is 278 g/mol. The number of fused-ring (bicyclic) bond motifs is 1. The summed E-state index contributed by atoms with van der Waals surface area (Å²) in [6, 6.07) is 5.00. The summed E-state index contributed by atoms with van der Waals surface area (Å²) in [4.78, 5) is 11.0. The maximum Gasteiger partial charge on any atom is 0.250 e. The molecule has 0 aliphatic heterocycles. The van der Waals surface area contributed by atoms with Gasteiger partial charge in [-0.3, -0.25) is 0 Å². The van der Waals surface area contributed by atoms with E-state index in [9.17, 15) is 4.39 Å². The van der Waals surface area contributed by atoms with E-state index in [1.54, 1.807) is 24.4 Å². The third kappa shape index (κ3) is 1.92.